The lowest BCUT2D eigenvalue weighted by atomic mass is 9.67. The second-order valence-electron chi connectivity index (χ2n) is 15.2. The first kappa shape index (κ1) is 30.2. The van der Waals surface area contributed by atoms with Gasteiger partial charge >= 0.3 is 0 Å². The third kappa shape index (κ3) is 4.55. The van der Waals surface area contributed by atoms with Gasteiger partial charge in [-0.2, -0.15) is 0 Å². The molecule has 3 aliphatic carbocycles. The van der Waals surface area contributed by atoms with Crippen LogP contribution in [0.15, 0.2) is 146 Å². The number of hydrogen-bond acceptors (Lipinski definition) is 2. The topological polar surface area (TPSA) is 25.8 Å². The summed E-state index contributed by atoms with van der Waals surface area (Å²) in [5.41, 5.74) is 19.4. The summed E-state index contributed by atoms with van der Waals surface area (Å²) in [6, 6.07) is 53.0. The molecule has 0 unspecified atom stereocenters. The molecule has 0 bridgehead atoms. The summed E-state index contributed by atoms with van der Waals surface area (Å²) in [5.74, 6) is 0. The van der Waals surface area contributed by atoms with E-state index >= 15 is 0 Å². The van der Waals surface area contributed by atoms with E-state index in [-0.39, 0.29) is 10.8 Å². The standard InChI is InChI=1S/C49H40N2/c1-48(2)40-26-25-35(29-37(40)39-31-43-38(30-42(39)48)36-23-13-14-24-41(36)49(43)27-15-6-16-28-49)47-46(34-21-11-5-12-22-34)50-44(32-17-7-3-8-18-32)45(51-47)33-19-9-4-10-20-33/h3-5,7-14,17-26,29-31H,6,15-16,27-28H2,1-2H3. The second-order valence-corrected chi connectivity index (χ2v) is 15.2. The zero-order valence-corrected chi connectivity index (χ0v) is 29.3. The fourth-order valence-electron chi connectivity index (χ4n) is 9.57. The first-order valence-electron chi connectivity index (χ1n) is 18.6. The molecule has 1 aromatic heterocycles. The molecule has 0 aliphatic heterocycles. The van der Waals surface area contributed by atoms with E-state index in [9.17, 15) is 0 Å². The van der Waals surface area contributed by atoms with Gasteiger partial charge in [0.1, 0.15) is 0 Å². The van der Waals surface area contributed by atoms with Crippen LogP contribution in [0, 0.1) is 0 Å². The first-order chi connectivity index (χ1) is 25.0. The summed E-state index contributed by atoms with van der Waals surface area (Å²) in [7, 11) is 0. The van der Waals surface area contributed by atoms with Gasteiger partial charge in [0.25, 0.3) is 0 Å². The van der Waals surface area contributed by atoms with E-state index in [1.165, 1.54) is 65.5 Å². The van der Waals surface area contributed by atoms with E-state index in [0.717, 1.165) is 45.0 Å². The largest absolute Gasteiger partial charge is 0.243 e. The zero-order valence-electron chi connectivity index (χ0n) is 29.3. The average molecular weight is 657 g/mol. The molecule has 1 saturated carbocycles. The minimum atomic E-state index is -0.115. The van der Waals surface area contributed by atoms with Gasteiger partial charge in [0, 0.05) is 33.1 Å². The van der Waals surface area contributed by atoms with Gasteiger partial charge < -0.3 is 0 Å². The summed E-state index contributed by atoms with van der Waals surface area (Å²) in [6.07, 6.45) is 6.39. The molecule has 0 N–H and O–H groups in total. The SMILES string of the molecule is CC1(C)c2ccc(-c3nc(-c4ccccc4)c(-c4ccccc4)nc3-c3ccccc3)cc2-c2cc3c(cc21)-c1ccccc1C31CCCCC1. The van der Waals surface area contributed by atoms with Crippen LogP contribution in [0.4, 0.5) is 0 Å². The molecule has 0 atom stereocenters. The maximum absolute atomic E-state index is 5.57. The molecule has 1 heterocycles. The number of aromatic nitrogens is 2. The van der Waals surface area contributed by atoms with E-state index in [4.69, 9.17) is 9.97 Å². The van der Waals surface area contributed by atoms with Crippen LogP contribution in [0.3, 0.4) is 0 Å². The number of hydrogen-bond donors (Lipinski definition) is 0. The Labute approximate surface area is 300 Å². The normalized spacial score (nSPS) is 16.0. The smallest absolute Gasteiger partial charge is 0.0973 e. The summed E-state index contributed by atoms with van der Waals surface area (Å²) in [4.78, 5) is 11.1. The summed E-state index contributed by atoms with van der Waals surface area (Å²) in [6.45, 7) is 4.80. The van der Waals surface area contributed by atoms with E-state index in [1.807, 2.05) is 0 Å². The quantitative estimate of drug-likeness (QED) is 0.188. The number of nitrogens with zero attached hydrogens (tertiary/aromatic N) is 2. The first-order valence-corrected chi connectivity index (χ1v) is 18.6. The molecule has 2 heteroatoms. The molecular weight excluding hydrogens is 617 g/mol. The molecule has 0 saturated heterocycles. The number of benzene rings is 6. The van der Waals surface area contributed by atoms with Gasteiger partial charge in [-0.1, -0.05) is 161 Å². The number of fused-ring (bicyclic) bond motifs is 8. The summed E-state index contributed by atoms with van der Waals surface area (Å²) in [5, 5.41) is 0. The molecule has 246 valence electrons. The van der Waals surface area contributed by atoms with Crippen LogP contribution in [0.2, 0.25) is 0 Å². The van der Waals surface area contributed by atoms with Gasteiger partial charge in [0.05, 0.1) is 22.8 Å². The van der Waals surface area contributed by atoms with Crippen molar-refractivity contribution in [2.24, 2.45) is 0 Å². The molecular formula is C49H40N2. The fourth-order valence-corrected chi connectivity index (χ4v) is 9.57. The average Bonchev–Trinajstić information content (AvgIpc) is 3.58. The van der Waals surface area contributed by atoms with Gasteiger partial charge in [-0.25, -0.2) is 9.97 Å². The molecule has 2 nitrogen and oxygen atoms in total. The molecule has 10 rings (SSSR count). The van der Waals surface area contributed by atoms with E-state index < -0.39 is 0 Å². The maximum Gasteiger partial charge on any atom is 0.0973 e. The van der Waals surface area contributed by atoms with Crippen LogP contribution in [0.1, 0.15) is 68.2 Å². The summed E-state index contributed by atoms with van der Waals surface area (Å²) >= 11 is 0. The van der Waals surface area contributed by atoms with Crippen LogP contribution in [-0.4, -0.2) is 9.97 Å². The molecule has 7 aromatic rings. The molecule has 1 fully saturated rings. The molecule has 1 spiro atoms. The predicted octanol–water partition coefficient (Wildman–Crippen LogP) is 12.7. The van der Waals surface area contributed by atoms with Gasteiger partial charge in [0.2, 0.25) is 0 Å². The van der Waals surface area contributed by atoms with Gasteiger partial charge in [-0.15, -0.1) is 0 Å². The number of rotatable bonds is 4. The Morgan fingerprint density at radius 2 is 0.843 bits per heavy atom. The highest BCUT2D eigenvalue weighted by molar-refractivity contribution is 5.93. The van der Waals surface area contributed by atoms with Crippen molar-refractivity contribution in [1.29, 1.82) is 0 Å². The summed E-state index contributed by atoms with van der Waals surface area (Å²) < 4.78 is 0. The molecule has 3 aliphatic rings. The second kappa shape index (κ2) is 11.5. The molecule has 0 amide bonds. The van der Waals surface area contributed by atoms with Crippen molar-refractivity contribution in [2.45, 2.75) is 56.8 Å². The van der Waals surface area contributed by atoms with Crippen LogP contribution < -0.4 is 0 Å². The van der Waals surface area contributed by atoms with Crippen LogP contribution in [-0.2, 0) is 10.8 Å². The molecule has 51 heavy (non-hydrogen) atoms. The predicted molar refractivity (Wildman–Crippen MR) is 211 cm³/mol. The zero-order chi connectivity index (χ0) is 34.2. The highest BCUT2D eigenvalue weighted by Gasteiger charge is 2.46. The van der Waals surface area contributed by atoms with Crippen molar-refractivity contribution in [2.75, 3.05) is 0 Å². The van der Waals surface area contributed by atoms with Crippen molar-refractivity contribution >= 4 is 0 Å². The monoisotopic (exact) mass is 656 g/mol. The Kier molecular flexibility index (Phi) is 6.80. The Hall–Kier alpha value is -5.60. The Morgan fingerprint density at radius 1 is 0.373 bits per heavy atom. The maximum atomic E-state index is 5.57. The third-order valence-electron chi connectivity index (χ3n) is 12.1. The van der Waals surface area contributed by atoms with Gasteiger partial charge in [0.15, 0.2) is 0 Å². The molecule has 0 radical (unpaired) electrons. The lowest BCUT2D eigenvalue weighted by Crippen LogP contribution is -2.28. The fraction of sp³-hybridized carbons (Fsp3) is 0.184. The third-order valence-corrected chi connectivity index (χ3v) is 12.1. The van der Waals surface area contributed by atoms with E-state index in [1.54, 1.807) is 11.1 Å². The highest BCUT2D eigenvalue weighted by Crippen LogP contribution is 2.60. The van der Waals surface area contributed by atoms with Crippen molar-refractivity contribution in [3.63, 3.8) is 0 Å². The Bertz CT molecular complexity index is 2450. The van der Waals surface area contributed by atoms with E-state index in [0.29, 0.717) is 0 Å². The molecule has 6 aromatic carbocycles. The Balaban J connectivity index is 1.21. The van der Waals surface area contributed by atoms with Gasteiger partial charge in [-0.05, 0) is 75.5 Å². The Morgan fingerprint density at radius 3 is 1.43 bits per heavy atom. The van der Waals surface area contributed by atoms with Crippen molar-refractivity contribution in [3.05, 3.63) is 168 Å². The van der Waals surface area contributed by atoms with E-state index in [2.05, 4.69) is 159 Å². The minimum Gasteiger partial charge on any atom is -0.243 e. The minimum absolute atomic E-state index is 0.115. The lowest BCUT2D eigenvalue weighted by Gasteiger charge is -2.36. The lowest BCUT2D eigenvalue weighted by molar-refractivity contribution is 0.353. The van der Waals surface area contributed by atoms with Crippen molar-refractivity contribution in [1.82, 2.24) is 9.97 Å². The van der Waals surface area contributed by atoms with Gasteiger partial charge in [-0.3, -0.25) is 0 Å². The highest BCUT2D eigenvalue weighted by atomic mass is 14.9. The van der Waals surface area contributed by atoms with Crippen LogP contribution >= 0.6 is 0 Å². The van der Waals surface area contributed by atoms with Crippen LogP contribution in [0.5, 0.6) is 0 Å². The van der Waals surface area contributed by atoms with Crippen LogP contribution in [0.25, 0.3) is 67.3 Å². The van der Waals surface area contributed by atoms with Crippen molar-refractivity contribution < 1.29 is 0 Å². The van der Waals surface area contributed by atoms with Crippen molar-refractivity contribution in [3.8, 4) is 67.3 Å².